The molecular weight excluding hydrogens is 323 g/mol. The van der Waals surface area contributed by atoms with Crippen LogP contribution in [0.15, 0.2) is 41.6 Å². The molecule has 9 heteroatoms. The van der Waals surface area contributed by atoms with Crippen LogP contribution in [0.2, 0.25) is 5.02 Å². The van der Waals surface area contributed by atoms with E-state index in [1.807, 2.05) is 0 Å². The van der Waals surface area contributed by atoms with Gasteiger partial charge < -0.3 is 5.11 Å². The molecule has 0 bridgehead atoms. The Morgan fingerprint density at radius 2 is 2.00 bits per heavy atom. The van der Waals surface area contributed by atoms with Crippen molar-refractivity contribution in [2.45, 2.75) is 4.90 Å². The number of benzene rings is 1. The number of nitrogens with zero attached hydrogens (tertiary/aromatic N) is 1. The molecule has 0 fully saturated rings. The van der Waals surface area contributed by atoms with Gasteiger partial charge in [0, 0.05) is 6.20 Å². The largest absolute Gasteiger partial charge is 0.478 e. The highest BCUT2D eigenvalue weighted by atomic mass is 35.5. The lowest BCUT2D eigenvalue weighted by Gasteiger charge is -2.09. The van der Waals surface area contributed by atoms with E-state index >= 15 is 0 Å². The number of rotatable bonds is 4. The van der Waals surface area contributed by atoms with E-state index in [4.69, 9.17) is 16.7 Å². The van der Waals surface area contributed by atoms with E-state index < -0.39 is 21.8 Å². The third-order valence-electron chi connectivity index (χ3n) is 2.42. The van der Waals surface area contributed by atoms with E-state index in [1.165, 1.54) is 0 Å². The Labute approximate surface area is 124 Å². The fourth-order valence-corrected chi connectivity index (χ4v) is 3.08. The maximum Gasteiger partial charge on any atom is 0.337 e. The monoisotopic (exact) mass is 330 g/mol. The molecule has 2 aromatic rings. The number of halogens is 2. The van der Waals surface area contributed by atoms with E-state index in [0.29, 0.717) is 0 Å². The van der Waals surface area contributed by atoms with Crippen LogP contribution in [0.4, 0.5) is 10.1 Å². The fourth-order valence-electron chi connectivity index (χ4n) is 1.52. The molecule has 0 saturated carbocycles. The van der Waals surface area contributed by atoms with Gasteiger partial charge >= 0.3 is 5.97 Å². The Kier molecular flexibility index (Phi) is 4.10. The second-order valence-corrected chi connectivity index (χ2v) is 6.01. The number of carboxylic acids is 1. The highest BCUT2D eigenvalue weighted by Gasteiger charge is 2.19. The van der Waals surface area contributed by atoms with Crippen LogP contribution in [-0.2, 0) is 10.0 Å². The molecule has 0 radical (unpaired) electrons. The second kappa shape index (κ2) is 5.66. The number of aromatic nitrogens is 1. The van der Waals surface area contributed by atoms with Gasteiger partial charge in [-0.15, -0.1) is 0 Å². The van der Waals surface area contributed by atoms with E-state index in [9.17, 15) is 17.6 Å². The van der Waals surface area contributed by atoms with Crippen LogP contribution >= 0.6 is 11.6 Å². The van der Waals surface area contributed by atoms with Crippen molar-refractivity contribution in [3.05, 3.63) is 53.1 Å². The molecular formula is C12H8ClFN2O4S. The molecule has 21 heavy (non-hydrogen) atoms. The highest BCUT2D eigenvalue weighted by Crippen LogP contribution is 2.24. The van der Waals surface area contributed by atoms with Crippen molar-refractivity contribution in [2.24, 2.45) is 0 Å². The number of anilines is 1. The summed E-state index contributed by atoms with van der Waals surface area (Å²) in [4.78, 5) is 14.1. The Morgan fingerprint density at radius 1 is 1.29 bits per heavy atom. The maximum atomic E-state index is 12.9. The molecule has 110 valence electrons. The van der Waals surface area contributed by atoms with Crippen LogP contribution in [0.25, 0.3) is 0 Å². The zero-order valence-corrected chi connectivity index (χ0v) is 11.8. The standard InChI is InChI=1S/C12H8ClFN2O4S/c13-10-4-8(14)1-2-11(10)21(19,20)16-9-3-7(12(17)18)5-15-6-9/h1-6,16H,(H,17,18). The summed E-state index contributed by atoms with van der Waals surface area (Å²) in [6, 6.07) is 3.92. The normalized spacial score (nSPS) is 11.1. The predicted molar refractivity (Wildman–Crippen MR) is 73.4 cm³/mol. The number of hydrogen-bond donors (Lipinski definition) is 2. The first kappa shape index (κ1) is 15.2. The summed E-state index contributed by atoms with van der Waals surface area (Å²) in [5, 5.41) is 8.53. The minimum atomic E-state index is -4.08. The van der Waals surface area contributed by atoms with Gasteiger partial charge in [0.1, 0.15) is 10.7 Å². The summed E-state index contributed by atoms with van der Waals surface area (Å²) in [5.74, 6) is -1.92. The van der Waals surface area contributed by atoms with E-state index in [1.54, 1.807) is 0 Å². The summed E-state index contributed by atoms with van der Waals surface area (Å²) >= 11 is 5.69. The summed E-state index contributed by atoms with van der Waals surface area (Å²) in [6.07, 6.45) is 2.21. The molecule has 0 aliphatic carbocycles. The zero-order valence-electron chi connectivity index (χ0n) is 10.2. The molecule has 1 aromatic carbocycles. The van der Waals surface area contributed by atoms with Crippen molar-refractivity contribution in [2.75, 3.05) is 4.72 Å². The lowest BCUT2D eigenvalue weighted by molar-refractivity contribution is 0.0696. The molecule has 1 heterocycles. The fraction of sp³-hybridized carbons (Fsp3) is 0. The summed E-state index contributed by atoms with van der Waals surface area (Å²) in [5.41, 5.74) is -0.226. The van der Waals surface area contributed by atoms with Crippen molar-refractivity contribution in [1.29, 1.82) is 0 Å². The highest BCUT2D eigenvalue weighted by molar-refractivity contribution is 7.92. The number of hydrogen-bond acceptors (Lipinski definition) is 4. The smallest absolute Gasteiger partial charge is 0.337 e. The minimum absolute atomic E-state index is 0.0460. The molecule has 1 aromatic heterocycles. The van der Waals surface area contributed by atoms with Crippen LogP contribution < -0.4 is 4.72 Å². The van der Waals surface area contributed by atoms with Gasteiger partial charge in [0.2, 0.25) is 0 Å². The van der Waals surface area contributed by atoms with Crippen molar-refractivity contribution in [3.8, 4) is 0 Å². The first-order valence-corrected chi connectivity index (χ1v) is 7.32. The Balaban J connectivity index is 2.37. The maximum absolute atomic E-state index is 12.9. The van der Waals surface area contributed by atoms with Crippen LogP contribution in [0, 0.1) is 5.82 Å². The van der Waals surface area contributed by atoms with Gasteiger partial charge in [-0.1, -0.05) is 11.6 Å². The van der Waals surface area contributed by atoms with Gasteiger partial charge in [0.05, 0.1) is 22.5 Å². The number of pyridine rings is 1. The molecule has 0 aliphatic heterocycles. The summed E-state index contributed by atoms with van der Waals surface area (Å²) in [6.45, 7) is 0. The lowest BCUT2D eigenvalue weighted by Crippen LogP contribution is -2.14. The van der Waals surface area contributed by atoms with Crippen molar-refractivity contribution in [3.63, 3.8) is 0 Å². The molecule has 0 amide bonds. The van der Waals surface area contributed by atoms with E-state index in [0.717, 1.165) is 36.7 Å². The number of carboxylic acid groups (broad SMARTS) is 1. The SMILES string of the molecule is O=C(O)c1cncc(NS(=O)(=O)c2ccc(F)cc2Cl)c1. The van der Waals surface area contributed by atoms with Crippen molar-refractivity contribution < 1.29 is 22.7 Å². The first-order chi connectivity index (χ1) is 9.79. The molecule has 0 unspecified atom stereocenters. The molecule has 6 nitrogen and oxygen atoms in total. The Hall–Kier alpha value is -2.19. The molecule has 2 rings (SSSR count). The van der Waals surface area contributed by atoms with Crippen LogP contribution in [0.5, 0.6) is 0 Å². The van der Waals surface area contributed by atoms with Gasteiger partial charge in [-0.05, 0) is 24.3 Å². The van der Waals surface area contributed by atoms with Crippen molar-refractivity contribution in [1.82, 2.24) is 4.98 Å². The van der Waals surface area contributed by atoms with E-state index in [-0.39, 0.29) is 21.2 Å². The summed E-state index contributed by atoms with van der Waals surface area (Å²) in [7, 11) is -4.08. The number of nitrogens with one attached hydrogen (secondary N) is 1. The van der Waals surface area contributed by atoms with Gasteiger partial charge in [-0.3, -0.25) is 9.71 Å². The molecule has 0 saturated heterocycles. The van der Waals surface area contributed by atoms with Crippen LogP contribution in [0.1, 0.15) is 10.4 Å². The second-order valence-electron chi connectivity index (χ2n) is 3.95. The van der Waals surface area contributed by atoms with Crippen molar-refractivity contribution >= 4 is 33.3 Å². The minimum Gasteiger partial charge on any atom is -0.478 e. The third-order valence-corrected chi connectivity index (χ3v) is 4.29. The third kappa shape index (κ3) is 3.47. The number of aromatic carboxylic acids is 1. The number of sulfonamides is 1. The van der Waals surface area contributed by atoms with Crippen LogP contribution in [-0.4, -0.2) is 24.5 Å². The van der Waals surface area contributed by atoms with Gasteiger partial charge in [-0.25, -0.2) is 17.6 Å². The van der Waals surface area contributed by atoms with Gasteiger partial charge in [-0.2, -0.15) is 0 Å². The van der Waals surface area contributed by atoms with E-state index in [2.05, 4.69) is 9.71 Å². The topological polar surface area (TPSA) is 96.4 Å². The quantitative estimate of drug-likeness (QED) is 0.897. The van der Waals surface area contributed by atoms with Gasteiger partial charge in [0.15, 0.2) is 0 Å². The lowest BCUT2D eigenvalue weighted by atomic mass is 10.3. The Morgan fingerprint density at radius 3 is 2.62 bits per heavy atom. The molecule has 2 N–H and O–H groups in total. The molecule has 0 atom stereocenters. The zero-order chi connectivity index (χ0) is 15.6. The predicted octanol–water partition coefficient (Wildman–Crippen LogP) is 2.37. The average molecular weight is 331 g/mol. The number of carbonyl (C=O) groups is 1. The average Bonchev–Trinajstić information content (AvgIpc) is 2.37. The molecule has 0 spiro atoms. The molecule has 0 aliphatic rings. The Bertz CT molecular complexity index is 811. The first-order valence-electron chi connectivity index (χ1n) is 5.46. The van der Waals surface area contributed by atoms with Crippen LogP contribution in [0.3, 0.4) is 0 Å². The summed E-state index contributed by atoms with van der Waals surface area (Å²) < 4.78 is 39.3. The van der Waals surface area contributed by atoms with Gasteiger partial charge in [0.25, 0.3) is 10.0 Å².